The number of carbonyl (C=O) groups is 1. The Morgan fingerprint density at radius 2 is 1.71 bits per heavy atom. The highest BCUT2D eigenvalue weighted by Gasteiger charge is 2.00. The van der Waals surface area contributed by atoms with E-state index in [1.165, 1.54) is 11.8 Å². The highest BCUT2D eigenvalue weighted by atomic mass is 32.2. The Labute approximate surface area is 128 Å². The number of aromatic nitrogens is 1. The predicted molar refractivity (Wildman–Crippen MR) is 84.5 cm³/mol. The van der Waals surface area contributed by atoms with E-state index in [4.69, 9.17) is 9.47 Å². The number of nitrogens with zero attached hydrogens (tertiary/aromatic N) is 1. The van der Waals surface area contributed by atoms with E-state index in [1.807, 2.05) is 36.4 Å². The van der Waals surface area contributed by atoms with Crippen molar-refractivity contribution in [3.63, 3.8) is 0 Å². The molecule has 0 amide bonds. The summed E-state index contributed by atoms with van der Waals surface area (Å²) in [7, 11) is 0. The van der Waals surface area contributed by atoms with Crippen LogP contribution in [0, 0.1) is 0 Å². The Balaban J connectivity index is 1.77. The number of rotatable bonds is 7. The first-order chi connectivity index (χ1) is 10.3. The van der Waals surface area contributed by atoms with Crippen LogP contribution in [0.1, 0.15) is 0 Å². The van der Waals surface area contributed by atoms with Crippen molar-refractivity contribution in [2.24, 2.45) is 0 Å². The van der Waals surface area contributed by atoms with Crippen molar-refractivity contribution in [2.45, 2.75) is 0 Å². The van der Waals surface area contributed by atoms with Crippen LogP contribution in [0.4, 0.5) is 0 Å². The molecule has 0 N–H and O–H groups in total. The summed E-state index contributed by atoms with van der Waals surface area (Å²) in [6.07, 6.45) is 5.28. The maximum atomic E-state index is 11.0. The molecule has 4 nitrogen and oxygen atoms in total. The lowest BCUT2D eigenvalue weighted by Crippen LogP contribution is -2.11. The lowest BCUT2D eigenvalue weighted by molar-refractivity contribution is -0.115. The van der Waals surface area contributed by atoms with Crippen LogP contribution in [0.25, 0.3) is 11.1 Å². The van der Waals surface area contributed by atoms with E-state index < -0.39 is 0 Å². The second kappa shape index (κ2) is 8.44. The number of carbonyl (C=O) groups excluding carboxylic acids is 1. The van der Waals surface area contributed by atoms with E-state index >= 15 is 0 Å². The van der Waals surface area contributed by atoms with Gasteiger partial charge in [-0.2, -0.15) is 0 Å². The van der Waals surface area contributed by atoms with E-state index in [9.17, 15) is 4.79 Å². The molecule has 0 saturated heterocycles. The van der Waals surface area contributed by atoms with E-state index in [2.05, 4.69) is 4.98 Å². The Bertz CT molecular complexity index is 557. The molecule has 1 aromatic heterocycles. The van der Waals surface area contributed by atoms with E-state index in [1.54, 1.807) is 18.6 Å². The maximum absolute atomic E-state index is 11.0. The monoisotopic (exact) mass is 303 g/mol. The molecule has 0 radical (unpaired) electrons. The second-order valence-corrected chi connectivity index (χ2v) is 5.10. The van der Waals surface area contributed by atoms with E-state index in [0.29, 0.717) is 13.2 Å². The summed E-state index contributed by atoms with van der Waals surface area (Å²) in [6, 6.07) is 11.8. The Hall–Kier alpha value is -1.85. The van der Waals surface area contributed by atoms with Crippen LogP contribution in [0.3, 0.4) is 0 Å². The van der Waals surface area contributed by atoms with Crippen molar-refractivity contribution in [2.75, 3.05) is 26.1 Å². The van der Waals surface area contributed by atoms with Crippen LogP contribution in [-0.4, -0.2) is 36.2 Å². The smallest absolute Gasteiger partial charge is 0.214 e. The van der Waals surface area contributed by atoms with Crippen molar-refractivity contribution in [3.05, 3.63) is 48.8 Å². The molecule has 0 aliphatic rings. The highest BCUT2D eigenvalue weighted by Crippen LogP contribution is 2.21. The number of benzene rings is 1. The van der Waals surface area contributed by atoms with Crippen LogP contribution in [0.15, 0.2) is 48.8 Å². The topological polar surface area (TPSA) is 48.4 Å². The summed E-state index contributed by atoms with van der Waals surface area (Å²) in [4.78, 5) is 15.0. The number of hydrogen-bond acceptors (Lipinski definition) is 5. The van der Waals surface area contributed by atoms with E-state index in [0.717, 1.165) is 16.9 Å². The highest BCUT2D eigenvalue weighted by molar-refractivity contribution is 8.13. The van der Waals surface area contributed by atoms with Crippen LogP contribution < -0.4 is 4.74 Å². The first-order valence-corrected chi connectivity index (χ1v) is 7.80. The lowest BCUT2D eigenvalue weighted by Gasteiger charge is -2.07. The molecule has 0 spiro atoms. The zero-order valence-electron chi connectivity index (χ0n) is 11.8. The molecule has 0 saturated carbocycles. The van der Waals surface area contributed by atoms with Crippen LogP contribution in [0.2, 0.25) is 0 Å². The van der Waals surface area contributed by atoms with Gasteiger partial charge in [0.1, 0.15) is 19.0 Å². The van der Waals surface area contributed by atoms with Crippen molar-refractivity contribution in [1.82, 2.24) is 4.98 Å². The van der Waals surface area contributed by atoms with Crippen molar-refractivity contribution in [3.8, 4) is 16.9 Å². The summed E-state index contributed by atoms with van der Waals surface area (Å²) in [5.74, 6) is 0.785. The van der Waals surface area contributed by atoms with Crippen molar-refractivity contribution >= 4 is 16.9 Å². The molecule has 2 rings (SSSR count). The minimum Gasteiger partial charge on any atom is -0.491 e. The van der Waals surface area contributed by atoms with Gasteiger partial charge in [0.05, 0.1) is 6.61 Å². The second-order valence-electron chi connectivity index (χ2n) is 4.24. The molecule has 0 atom stereocenters. The molecule has 5 heteroatoms. The maximum Gasteiger partial charge on any atom is 0.214 e. The normalized spacial score (nSPS) is 10.3. The first kappa shape index (κ1) is 15.5. The van der Waals surface area contributed by atoms with Gasteiger partial charge < -0.3 is 9.47 Å². The fraction of sp³-hybridized carbons (Fsp3) is 0.250. The van der Waals surface area contributed by atoms with Gasteiger partial charge in [0.2, 0.25) is 5.12 Å². The lowest BCUT2D eigenvalue weighted by atomic mass is 10.1. The third kappa shape index (κ3) is 5.21. The number of ether oxygens (including phenoxy) is 2. The molecular weight excluding hydrogens is 286 g/mol. The molecule has 0 fully saturated rings. The summed E-state index contributed by atoms with van der Waals surface area (Å²) in [6.45, 7) is 0.959. The molecule has 21 heavy (non-hydrogen) atoms. The molecule has 2 aromatic rings. The van der Waals surface area contributed by atoms with Gasteiger partial charge in [-0.1, -0.05) is 23.9 Å². The van der Waals surface area contributed by atoms with Gasteiger partial charge in [-0.05, 0) is 41.6 Å². The molecule has 1 aromatic carbocycles. The summed E-state index contributed by atoms with van der Waals surface area (Å²) >= 11 is 1.17. The minimum atomic E-state index is 0.0247. The molecular formula is C16H17NO3S. The van der Waals surface area contributed by atoms with Crippen LogP contribution in [-0.2, 0) is 9.53 Å². The van der Waals surface area contributed by atoms with Gasteiger partial charge in [-0.25, -0.2) is 0 Å². The molecule has 1 heterocycles. The fourth-order valence-corrected chi connectivity index (χ4v) is 1.92. The largest absolute Gasteiger partial charge is 0.491 e. The molecule has 0 aliphatic carbocycles. The van der Waals surface area contributed by atoms with Gasteiger partial charge in [0.15, 0.2) is 0 Å². The predicted octanol–water partition coefficient (Wildman–Crippen LogP) is 3.03. The van der Waals surface area contributed by atoms with E-state index in [-0.39, 0.29) is 11.7 Å². The van der Waals surface area contributed by atoms with Crippen molar-refractivity contribution in [1.29, 1.82) is 0 Å². The SMILES string of the molecule is CSC(=O)COCCOc1ccc(-c2ccncc2)cc1. The number of thioether (sulfide) groups is 1. The zero-order chi connectivity index (χ0) is 14.9. The van der Waals surface area contributed by atoms with Crippen LogP contribution in [0.5, 0.6) is 5.75 Å². The quantitative estimate of drug-likeness (QED) is 0.736. The third-order valence-corrected chi connectivity index (χ3v) is 3.39. The third-order valence-electron chi connectivity index (χ3n) is 2.81. The molecule has 0 bridgehead atoms. The summed E-state index contributed by atoms with van der Waals surface area (Å²) in [5.41, 5.74) is 2.24. The average molecular weight is 303 g/mol. The Morgan fingerprint density at radius 3 is 2.38 bits per heavy atom. The van der Waals surface area contributed by atoms with Crippen LogP contribution >= 0.6 is 11.8 Å². The first-order valence-electron chi connectivity index (χ1n) is 6.57. The molecule has 0 unspecified atom stereocenters. The summed E-state index contributed by atoms with van der Waals surface area (Å²) < 4.78 is 10.8. The Morgan fingerprint density at radius 1 is 1.05 bits per heavy atom. The average Bonchev–Trinajstić information content (AvgIpc) is 2.55. The Kier molecular flexibility index (Phi) is 6.24. The summed E-state index contributed by atoms with van der Waals surface area (Å²) in [5, 5.41) is 0.0247. The van der Waals surface area contributed by atoms with Gasteiger partial charge in [0.25, 0.3) is 0 Å². The van der Waals surface area contributed by atoms with Gasteiger partial charge in [0, 0.05) is 12.4 Å². The molecule has 110 valence electrons. The zero-order valence-corrected chi connectivity index (χ0v) is 12.6. The molecule has 0 aliphatic heterocycles. The number of hydrogen-bond donors (Lipinski definition) is 0. The fourth-order valence-electron chi connectivity index (χ4n) is 1.72. The van der Waals surface area contributed by atoms with Gasteiger partial charge in [-0.15, -0.1) is 0 Å². The number of pyridine rings is 1. The van der Waals surface area contributed by atoms with Crippen molar-refractivity contribution < 1.29 is 14.3 Å². The van der Waals surface area contributed by atoms with Gasteiger partial charge in [-0.3, -0.25) is 9.78 Å². The standard InChI is InChI=1S/C16H17NO3S/c1-21-16(18)12-19-10-11-20-15-4-2-13(3-5-15)14-6-8-17-9-7-14/h2-9H,10-12H2,1H3. The minimum absolute atomic E-state index is 0.0247. The van der Waals surface area contributed by atoms with Gasteiger partial charge >= 0.3 is 0 Å².